The van der Waals surface area contributed by atoms with E-state index in [-0.39, 0.29) is 11.7 Å². The fourth-order valence-electron chi connectivity index (χ4n) is 1.01. The lowest BCUT2D eigenvalue weighted by Gasteiger charge is -2.26. The van der Waals surface area contributed by atoms with Crippen LogP contribution in [-0.2, 0) is 9.47 Å². The summed E-state index contributed by atoms with van der Waals surface area (Å²) in [6.45, 7) is 8.18. The highest BCUT2D eigenvalue weighted by Crippen LogP contribution is 2.15. The third kappa shape index (κ3) is 6.99. The Morgan fingerprint density at radius 1 is 1.31 bits per heavy atom. The number of ether oxygens (including phenoxy) is 2. The van der Waals surface area contributed by atoms with E-state index in [1.165, 1.54) is 0 Å². The standard InChI is InChI=1S/C10H22O3/c1-8(2)13-7-9(11)6-10(3,4)12-5/h8-9,11H,6-7H2,1-5H3. The lowest BCUT2D eigenvalue weighted by molar-refractivity contribution is -0.0536. The SMILES string of the molecule is COC(C)(C)CC(O)COC(C)C. The average molecular weight is 190 g/mol. The molecule has 0 fully saturated rings. The molecule has 0 aromatic heterocycles. The smallest absolute Gasteiger partial charge is 0.0801 e. The molecule has 0 aliphatic heterocycles. The molecule has 0 radical (unpaired) electrons. The zero-order valence-corrected chi connectivity index (χ0v) is 9.33. The molecule has 0 heterocycles. The fraction of sp³-hybridized carbons (Fsp3) is 1.00. The van der Waals surface area contributed by atoms with Gasteiger partial charge in [-0.05, 0) is 27.7 Å². The van der Waals surface area contributed by atoms with Crippen molar-refractivity contribution in [1.29, 1.82) is 0 Å². The van der Waals surface area contributed by atoms with Gasteiger partial charge in [0.1, 0.15) is 0 Å². The predicted molar refractivity (Wildman–Crippen MR) is 52.8 cm³/mol. The van der Waals surface area contributed by atoms with Gasteiger partial charge in [0.15, 0.2) is 0 Å². The van der Waals surface area contributed by atoms with Crippen molar-refractivity contribution in [2.45, 2.75) is 51.9 Å². The molecule has 3 heteroatoms. The Balaban J connectivity index is 3.67. The summed E-state index contributed by atoms with van der Waals surface area (Å²) in [7, 11) is 1.65. The molecule has 1 N–H and O–H groups in total. The summed E-state index contributed by atoms with van der Waals surface area (Å²) >= 11 is 0. The lowest BCUT2D eigenvalue weighted by Crippen LogP contribution is -2.31. The van der Waals surface area contributed by atoms with Crippen molar-refractivity contribution < 1.29 is 14.6 Å². The normalized spacial score (nSPS) is 15.0. The molecule has 0 saturated heterocycles. The van der Waals surface area contributed by atoms with Crippen LogP contribution in [0, 0.1) is 0 Å². The number of methoxy groups -OCH3 is 1. The summed E-state index contributed by atoms with van der Waals surface area (Å²) in [6, 6.07) is 0. The Kier molecular flexibility index (Phi) is 5.53. The molecule has 0 aliphatic carbocycles. The quantitative estimate of drug-likeness (QED) is 0.691. The summed E-state index contributed by atoms with van der Waals surface area (Å²) < 4.78 is 10.5. The monoisotopic (exact) mass is 190 g/mol. The van der Waals surface area contributed by atoms with Crippen LogP contribution in [0.5, 0.6) is 0 Å². The van der Waals surface area contributed by atoms with Crippen molar-refractivity contribution >= 4 is 0 Å². The van der Waals surface area contributed by atoms with Crippen LogP contribution in [0.15, 0.2) is 0 Å². The summed E-state index contributed by atoms with van der Waals surface area (Å²) in [4.78, 5) is 0. The first-order valence-electron chi connectivity index (χ1n) is 4.72. The van der Waals surface area contributed by atoms with Crippen LogP contribution in [0.25, 0.3) is 0 Å². The van der Waals surface area contributed by atoms with Gasteiger partial charge in [-0.1, -0.05) is 0 Å². The minimum atomic E-state index is -0.447. The van der Waals surface area contributed by atoms with Crippen LogP contribution >= 0.6 is 0 Å². The van der Waals surface area contributed by atoms with Gasteiger partial charge in [-0.3, -0.25) is 0 Å². The van der Waals surface area contributed by atoms with E-state index in [1.54, 1.807) is 7.11 Å². The summed E-state index contributed by atoms with van der Waals surface area (Å²) in [6.07, 6.45) is 0.314. The number of hydrogen-bond donors (Lipinski definition) is 1. The highest BCUT2D eigenvalue weighted by atomic mass is 16.5. The molecule has 13 heavy (non-hydrogen) atoms. The molecule has 0 aliphatic rings. The van der Waals surface area contributed by atoms with Gasteiger partial charge in [-0.2, -0.15) is 0 Å². The van der Waals surface area contributed by atoms with E-state index >= 15 is 0 Å². The van der Waals surface area contributed by atoms with Gasteiger partial charge in [0.05, 0.1) is 24.4 Å². The van der Waals surface area contributed by atoms with E-state index in [0.717, 1.165) is 0 Å². The Labute approximate surface area is 81.0 Å². The molecule has 1 unspecified atom stereocenters. The molecule has 0 rings (SSSR count). The average Bonchev–Trinajstić information content (AvgIpc) is 2.00. The van der Waals surface area contributed by atoms with E-state index in [0.29, 0.717) is 13.0 Å². The van der Waals surface area contributed by atoms with Crippen molar-refractivity contribution in [2.24, 2.45) is 0 Å². The van der Waals surface area contributed by atoms with Crippen LogP contribution in [0.3, 0.4) is 0 Å². The Morgan fingerprint density at radius 2 is 1.85 bits per heavy atom. The molecule has 0 aromatic rings. The van der Waals surface area contributed by atoms with Gasteiger partial charge in [-0.15, -0.1) is 0 Å². The van der Waals surface area contributed by atoms with Crippen molar-refractivity contribution in [3.8, 4) is 0 Å². The first-order valence-corrected chi connectivity index (χ1v) is 4.72. The molecule has 80 valence electrons. The number of rotatable bonds is 6. The molecule has 0 saturated carbocycles. The topological polar surface area (TPSA) is 38.7 Å². The first kappa shape index (κ1) is 12.9. The molecule has 0 amide bonds. The summed E-state index contributed by atoms with van der Waals surface area (Å²) in [5, 5.41) is 9.56. The van der Waals surface area contributed by atoms with Gasteiger partial charge in [0.25, 0.3) is 0 Å². The van der Waals surface area contributed by atoms with Crippen molar-refractivity contribution in [1.82, 2.24) is 0 Å². The third-order valence-corrected chi connectivity index (χ3v) is 1.90. The van der Waals surface area contributed by atoms with E-state index in [4.69, 9.17) is 9.47 Å². The number of aliphatic hydroxyl groups excluding tert-OH is 1. The van der Waals surface area contributed by atoms with Crippen LogP contribution in [0.4, 0.5) is 0 Å². The Bertz CT molecular complexity index is 132. The van der Waals surface area contributed by atoms with Crippen LogP contribution < -0.4 is 0 Å². The molecule has 1 atom stereocenters. The number of hydrogen-bond acceptors (Lipinski definition) is 3. The second-order valence-electron chi connectivity index (χ2n) is 4.20. The maximum absolute atomic E-state index is 9.56. The predicted octanol–water partition coefficient (Wildman–Crippen LogP) is 1.59. The minimum absolute atomic E-state index is 0.167. The van der Waals surface area contributed by atoms with Crippen molar-refractivity contribution in [2.75, 3.05) is 13.7 Å². The Hall–Kier alpha value is -0.120. The molecular weight excluding hydrogens is 168 g/mol. The second kappa shape index (κ2) is 5.58. The van der Waals surface area contributed by atoms with Gasteiger partial charge in [0.2, 0.25) is 0 Å². The van der Waals surface area contributed by atoms with Crippen molar-refractivity contribution in [3.63, 3.8) is 0 Å². The molecule has 3 nitrogen and oxygen atoms in total. The Morgan fingerprint density at radius 3 is 2.23 bits per heavy atom. The van der Waals surface area contributed by atoms with Gasteiger partial charge in [-0.25, -0.2) is 0 Å². The first-order chi connectivity index (χ1) is 5.87. The molecule has 0 aromatic carbocycles. The zero-order valence-electron chi connectivity index (χ0n) is 9.33. The maximum Gasteiger partial charge on any atom is 0.0801 e. The second-order valence-corrected chi connectivity index (χ2v) is 4.20. The van der Waals surface area contributed by atoms with E-state index < -0.39 is 6.10 Å². The zero-order chi connectivity index (χ0) is 10.5. The van der Waals surface area contributed by atoms with Gasteiger partial charge in [0, 0.05) is 13.5 Å². The molecule has 0 spiro atoms. The largest absolute Gasteiger partial charge is 0.391 e. The third-order valence-electron chi connectivity index (χ3n) is 1.90. The van der Waals surface area contributed by atoms with Crippen LogP contribution in [0.1, 0.15) is 34.1 Å². The lowest BCUT2D eigenvalue weighted by atomic mass is 10.0. The minimum Gasteiger partial charge on any atom is -0.391 e. The summed E-state index contributed by atoms with van der Waals surface area (Å²) in [5.41, 5.74) is -0.278. The van der Waals surface area contributed by atoms with E-state index in [2.05, 4.69) is 0 Å². The van der Waals surface area contributed by atoms with Gasteiger partial charge >= 0.3 is 0 Å². The van der Waals surface area contributed by atoms with Crippen molar-refractivity contribution in [3.05, 3.63) is 0 Å². The van der Waals surface area contributed by atoms with Gasteiger partial charge < -0.3 is 14.6 Å². The molecule has 0 bridgehead atoms. The highest BCUT2D eigenvalue weighted by molar-refractivity contribution is 4.72. The van der Waals surface area contributed by atoms with E-state index in [9.17, 15) is 5.11 Å². The van der Waals surface area contributed by atoms with Crippen LogP contribution in [-0.4, -0.2) is 36.6 Å². The van der Waals surface area contributed by atoms with Crippen LogP contribution in [0.2, 0.25) is 0 Å². The number of aliphatic hydroxyl groups is 1. The van der Waals surface area contributed by atoms with E-state index in [1.807, 2.05) is 27.7 Å². The maximum atomic E-state index is 9.56. The fourth-order valence-corrected chi connectivity index (χ4v) is 1.01. The highest BCUT2D eigenvalue weighted by Gasteiger charge is 2.21. The summed E-state index contributed by atoms with van der Waals surface area (Å²) in [5.74, 6) is 0. The molecular formula is C10H22O3.